The lowest BCUT2D eigenvalue weighted by atomic mass is 10.2. The van der Waals surface area contributed by atoms with Crippen LogP contribution in [0, 0.1) is 19.8 Å². The molecule has 138 valence electrons. The number of fused-ring (bicyclic) bond motifs is 1. The van der Waals surface area contributed by atoms with Crippen LogP contribution in [-0.4, -0.2) is 45.9 Å². The fraction of sp³-hybridized carbons (Fsp3) is 0.625. The van der Waals surface area contributed by atoms with Crippen LogP contribution in [0.15, 0.2) is 9.95 Å². The van der Waals surface area contributed by atoms with E-state index in [0.29, 0.717) is 21.9 Å². The number of aryl methyl sites for hydroxylation is 2. The van der Waals surface area contributed by atoms with E-state index in [0.717, 1.165) is 10.4 Å². The lowest BCUT2D eigenvalue weighted by Crippen LogP contribution is -2.28. The number of rotatable bonds is 4. The maximum atomic E-state index is 13.0. The van der Waals surface area contributed by atoms with E-state index in [4.69, 9.17) is 0 Å². The van der Waals surface area contributed by atoms with E-state index in [1.807, 2.05) is 27.7 Å². The maximum absolute atomic E-state index is 13.0. The van der Waals surface area contributed by atoms with Gasteiger partial charge in [0.25, 0.3) is 5.56 Å². The third-order valence-corrected chi connectivity index (χ3v) is 8.66. The van der Waals surface area contributed by atoms with Gasteiger partial charge in [0.15, 0.2) is 15.0 Å². The summed E-state index contributed by atoms with van der Waals surface area (Å²) in [5.41, 5.74) is 0.869. The largest absolute Gasteiger partial charge is 0.391 e. The zero-order valence-electron chi connectivity index (χ0n) is 14.6. The van der Waals surface area contributed by atoms with Crippen molar-refractivity contribution in [2.75, 3.05) is 11.5 Å². The van der Waals surface area contributed by atoms with Gasteiger partial charge in [-0.15, -0.1) is 11.3 Å². The summed E-state index contributed by atoms with van der Waals surface area (Å²) in [6.45, 7) is 8.44. The molecular formula is C16H22N2O4S3. The first-order valence-electron chi connectivity index (χ1n) is 8.14. The Bertz CT molecular complexity index is 975. The second-order valence-electron chi connectivity index (χ2n) is 6.97. The number of aliphatic hydroxyl groups is 1. The molecule has 1 N–H and O–H groups in total. The summed E-state index contributed by atoms with van der Waals surface area (Å²) < 4.78 is 25.2. The van der Waals surface area contributed by atoms with Crippen molar-refractivity contribution in [1.29, 1.82) is 0 Å². The normalized spacial score (nSPS) is 23.0. The van der Waals surface area contributed by atoms with Gasteiger partial charge in [-0.2, -0.15) is 0 Å². The Labute approximate surface area is 155 Å². The van der Waals surface area contributed by atoms with Gasteiger partial charge in [0.05, 0.1) is 28.2 Å². The smallest absolute Gasteiger partial charge is 0.263 e. The minimum Gasteiger partial charge on any atom is -0.391 e. The second kappa shape index (κ2) is 6.68. The van der Waals surface area contributed by atoms with Crippen molar-refractivity contribution in [2.45, 2.75) is 50.8 Å². The van der Waals surface area contributed by atoms with Crippen LogP contribution in [0.2, 0.25) is 0 Å². The van der Waals surface area contributed by atoms with Crippen molar-refractivity contribution in [1.82, 2.24) is 9.55 Å². The van der Waals surface area contributed by atoms with E-state index in [2.05, 4.69) is 4.98 Å². The molecule has 2 atom stereocenters. The minimum absolute atomic E-state index is 0.0848. The van der Waals surface area contributed by atoms with Gasteiger partial charge < -0.3 is 5.11 Å². The molecule has 3 heterocycles. The molecule has 1 saturated heterocycles. The lowest BCUT2D eigenvalue weighted by molar-refractivity contribution is 0.207. The Balaban J connectivity index is 2.11. The van der Waals surface area contributed by atoms with Crippen LogP contribution in [0.3, 0.4) is 0 Å². The van der Waals surface area contributed by atoms with Crippen molar-refractivity contribution < 1.29 is 13.5 Å². The predicted molar refractivity (Wildman–Crippen MR) is 102 cm³/mol. The van der Waals surface area contributed by atoms with Crippen LogP contribution < -0.4 is 5.56 Å². The molecule has 0 bridgehead atoms. The molecule has 9 heteroatoms. The fourth-order valence-electron chi connectivity index (χ4n) is 2.97. The Morgan fingerprint density at radius 1 is 1.36 bits per heavy atom. The molecule has 1 fully saturated rings. The van der Waals surface area contributed by atoms with Crippen molar-refractivity contribution in [3.8, 4) is 0 Å². The quantitative estimate of drug-likeness (QED) is 0.787. The van der Waals surface area contributed by atoms with E-state index in [1.165, 1.54) is 23.1 Å². The molecule has 3 rings (SSSR count). The maximum Gasteiger partial charge on any atom is 0.263 e. The average molecular weight is 403 g/mol. The van der Waals surface area contributed by atoms with Crippen LogP contribution in [0.4, 0.5) is 0 Å². The summed E-state index contributed by atoms with van der Waals surface area (Å²) in [5.74, 6) is -0.0660. The summed E-state index contributed by atoms with van der Waals surface area (Å²) in [6.07, 6.45) is -0.929. The van der Waals surface area contributed by atoms with E-state index in [9.17, 15) is 18.3 Å². The zero-order valence-corrected chi connectivity index (χ0v) is 17.1. The van der Waals surface area contributed by atoms with Crippen LogP contribution in [0.5, 0.6) is 0 Å². The second-order valence-corrected chi connectivity index (χ2v) is 11.5. The van der Waals surface area contributed by atoms with Gasteiger partial charge in [0.2, 0.25) is 0 Å². The number of thioether (sulfide) groups is 1. The molecule has 2 aromatic rings. The predicted octanol–water partition coefficient (Wildman–Crippen LogP) is 1.98. The van der Waals surface area contributed by atoms with Crippen molar-refractivity contribution in [2.24, 2.45) is 5.92 Å². The summed E-state index contributed by atoms with van der Waals surface area (Å²) in [5, 5.41) is 10.7. The molecule has 0 spiro atoms. The number of hydrogen-bond donors (Lipinski definition) is 1. The number of aliphatic hydroxyl groups excluding tert-OH is 1. The fourth-order valence-corrected chi connectivity index (χ4v) is 7.63. The highest BCUT2D eigenvalue weighted by molar-refractivity contribution is 8.01. The van der Waals surface area contributed by atoms with Crippen molar-refractivity contribution >= 4 is 43.2 Å². The molecule has 2 aromatic heterocycles. The minimum atomic E-state index is -3.24. The van der Waals surface area contributed by atoms with Gasteiger partial charge >= 0.3 is 0 Å². The van der Waals surface area contributed by atoms with E-state index >= 15 is 0 Å². The average Bonchev–Trinajstić information content (AvgIpc) is 2.90. The first-order valence-corrected chi connectivity index (χ1v) is 11.7. The van der Waals surface area contributed by atoms with Crippen LogP contribution in [0.25, 0.3) is 10.2 Å². The highest BCUT2D eigenvalue weighted by atomic mass is 32.2. The molecule has 0 amide bonds. The Morgan fingerprint density at radius 3 is 2.60 bits per heavy atom. The third-order valence-electron chi connectivity index (χ3n) is 4.33. The van der Waals surface area contributed by atoms with Crippen molar-refractivity contribution in [3.05, 3.63) is 20.8 Å². The van der Waals surface area contributed by atoms with Gasteiger partial charge in [-0.25, -0.2) is 13.4 Å². The Morgan fingerprint density at radius 2 is 2.04 bits per heavy atom. The standard InChI is InChI=1S/C16H22N2O4S3/c1-8(2)5-18-15(20)13-9(3)10(4)23-14(13)17-16(18)24-12-7-25(21,22)6-11(12)19/h8,11-12,19H,5-7H2,1-4H3/t11-,12+/m0/s1. The first kappa shape index (κ1) is 18.9. The number of thiophene rings is 1. The molecular weight excluding hydrogens is 380 g/mol. The molecule has 0 aliphatic carbocycles. The SMILES string of the molecule is Cc1sc2nc(S[C@@H]3CS(=O)(=O)C[C@@H]3O)n(CC(C)C)c(=O)c2c1C. The molecule has 25 heavy (non-hydrogen) atoms. The Kier molecular flexibility index (Phi) is 5.04. The first-order chi connectivity index (χ1) is 11.6. The highest BCUT2D eigenvalue weighted by Gasteiger charge is 2.38. The monoisotopic (exact) mass is 402 g/mol. The molecule has 0 saturated carbocycles. The van der Waals surface area contributed by atoms with Crippen LogP contribution >= 0.6 is 23.1 Å². The highest BCUT2D eigenvalue weighted by Crippen LogP contribution is 2.33. The molecule has 6 nitrogen and oxygen atoms in total. The molecule has 1 aliphatic heterocycles. The molecule has 1 aliphatic rings. The van der Waals surface area contributed by atoms with Crippen molar-refractivity contribution in [3.63, 3.8) is 0 Å². The Hall–Kier alpha value is -0.900. The van der Waals surface area contributed by atoms with Gasteiger partial charge in [0, 0.05) is 11.4 Å². The van der Waals surface area contributed by atoms with Crippen LogP contribution in [0.1, 0.15) is 24.3 Å². The number of aromatic nitrogens is 2. The number of sulfone groups is 1. The topological polar surface area (TPSA) is 89.3 Å². The van der Waals surface area contributed by atoms with Gasteiger partial charge in [-0.05, 0) is 25.3 Å². The van der Waals surface area contributed by atoms with Gasteiger partial charge in [-0.3, -0.25) is 9.36 Å². The van der Waals surface area contributed by atoms with Gasteiger partial charge in [0.1, 0.15) is 4.83 Å². The molecule has 0 unspecified atom stereocenters. The van der Waals surface area contributed by atoms with E-state index < -0.39 is 21.2 Å². The van der Waals surface area contributed by atoms with Crippen LogP contribution in [-0.2, 0) is 16.4 Å². The summed E-state index contributed by atoms with van der Waals surface area (Å²) in [4.78, 5) is 19.4. The zero-order chi connectivity index (χ0) is 18.5. The molecule has 0 radical (unpaired) electrons. The summed E-state index contributed by atoms with van der Waals surface area (Å²) >= 11 is 2.68. The lowest BCUT2D eigenvalue weighted by Gasteiger charge is -2.17. The van der Waals surface area contributed by atoms with Gasteiger partial charge in [-0.1, -0.05) is 25.6 Å². The van der Waals surface area contributed by atoms with E-state index in [-0.39, 0.29) is 23.0 Å². The van der Waals surface area contributed by atoms with E-state index in [1.54, 1.807) is 4.57 Å². The summed E-state index contributed by atoms with van der Waals surface area (Å²) in [7, 11) is -3.24. The molecule has 0 aromatic carbocycles. The summed E-state index contributed by atoms with van der Waals surface area (Å²) in [6, 6.07) is 0. The third kappa shape index (κ3) is 3.65. The number of nitrogens with zero attached hydrogens (tertiary/aromatic N) is 2. The number of hydrogen-bond acceptors (Lipinski definition) is 7.